The number of benzene rings is 1. The predicted molar refractivity (Wildman–Crippen MR) is 113 cm³/mol. The van der Waals surface area contributed by atoms with E-state index in [1.54, 1.807) is 6.33 Å². The lowest BCUT2D eigenvalue weighted by Crippen LogP contribution is -2.39. The summed E-state index contributed by atoms with van der Waals surface area (Å²) < 4.78 is 0. The molecule has 4 rings (SSSR count). The summed E-state index contributed by atoms with van der Waals surface area (Å²) in [6.07, 6.45) is 7.08. The molecular weight excluding hydrogens is 350 g/mol. The third kappa shape index (κ3) is 4.01. The summed E-state index contributed by atoms with van der Waals surface area (Å²) in [5, 5.41) is 4.44. The largest absolute Gasteiger partial charge is 0.375 e. The van der Waals surface area contributed by atoms with E-state index < -0.39 is 0 Å². The van der Waals surface area contributed by atoms with Crippen LogP contribution in [0.15, 0.2) is 48.9 Å². The number of piperidine rings is 1. The van der Waals surface area contributed by atoms with E-state index in [4.69, 9.17) is 0 Å². The normalized spacial score (nSPS) is 18.2. The second-order valence-corrected chi connectivity index (χ2v) is 7.53. The molecule has 0 unspecified atom stereocenters. The van der Waals surface area contributed by atoms with Crippen molar-refractivity contribution >= 4 is 28.3 Å². The molecule has 0 bridgehead atoms. The summed E-state index contributed by atoms with van der Waals surface area (Å²) in [6.45, 7) is 3.90. The zero-order valence-corrected chi connectivity index (χ0v) is 16.3. The molecule has 2 atom stereocenters. The number of aromatic nitrogens is 3. The van der Waals surface area contributed by atoms with Crippen LogP contribution in [0.4, 0.5) is 11.5 Å². The van der Waals surface area contributed by atoms with Crippen LogP contribution in [0.3, 0.4) is 0 Å². The monoisotopic (exact) mass is 377 g/mol. The maximum Gasteiger partial charge on any atom is 0.155 e. The molecule has 1 fully saturated rings. The van der Waals surface area contributed by atoms with Crippen LogP contribution in [0.5, 0.6) is 0 Å². The lowest BCUT2D eigenvalue weighted by Gasteiger charge is -2.34. The van der Waals surface area contributed by atoms with Gasteiger partial charge in [-0.25, -0.2) is 9.97 Å². The van der Waals surface area contributed by atoms with Crippen molar-refractivity contribution in [3.63, 3.8) is 0 Å². The van der Waals surface area contributed by atoms with E-state index in [1.165, 1.54) is 0 Å². The van der Waals surface area contributed by atoms with Gasteiger partial charge in [-0.1, -0.05) is 25.1 Å². The third-order valence-electron chi connectivity index (χ3n) is 5.55. The topological polar surface area (TPSA) is 73.9 Å². The van der Waals surface area contributed by atoms with Crippen molar-refractivity contribution in [2.75, 3.05) is 23.3 Å². The fourth-order valence-corrected chi connectivity index (χ4v) is 4.11. The number of aromatic amines is 1. The van der Waals surface area contributed by atoms with Crippen molar-refractivity contribution in [1.29, 1.82) is 0 Å². The summed E-state index contributed by atoms with van der Waals surface area (Å²) in [6, 6.07) is 11.9. The van der Waals surface area contributed by atoms with Crippen LogP contribution in [-0.2, 0) is 4.79 Å². The molecule has 3 heterocycles. The first-order valence-electron chi connectivity index (χ1n) is 10.1. The summed E-state index contributed by atoms with van der Waals surface area (Å²) in [4.78, 5) is 27.2. The molecule has 0 radical (unpaired) electrons. The fourth-order valence-electron chi connectivity index (χ4n) is 4.11. The molecule has 1 saturated heterocycles. The molecule has 6 nitrogen and oxygen atoms in total. The molecule has 1 aliphatic rings. The van der Waals surface area contributed by atoms with Crippen molar-refractivity contribution < 1.29 is 4.79 Å². The van der Waals surface area contributed by atoms with Gasteiger partial charge in [-0.05, 0) is 43.4 Å². The number of nitrogens with one attached hydrogen (secondary N) is 2. The number of rotatable bonds is 7. The van der Waals surface area contributed by atoms with Crippen LogP contribution < -0.4 is 10.2 Å². The molecule has 1 aliphatic heterocycles. The highest BCUT2D eigenvalue weighted by Gasteiger charge is 2.27. The summed E-state index contributed by atoms with van der Waals surface area (Å²) in [5.74, 6) is 1.63. The van der Waals surface area contributed by atoms with Gasteiger partial charge in [-0.15, -0.1) is 0 Å². The third-order valence-corrected chi connectivity index (χ3v) is 5.55. The van der Waals surface area contributed by atoms with E-state index >= 15 is 0 Å². The molecule has 0 amide bonds. The van der Waals surface area contributed by atoms with Gasteiger partial charge in [0.2, 0.25) is 0 Å². The molecule has 0 aliphatic carbocycles. The first-order chi connectivity index (χ1) is 13.7. The molecular formula is C22H27N5O. The minimum absolute atomic E-state index is 0.131. The highest BCUT2D eigenvalue weighted by molar-refractivity contribution is 5.88. The Morgan fingerprint density at radius 2 is 2.14 bits per heavy atom. The van der Waals surface area contributed by atoms with Gasteiger partial charge in [0.25, 0.3) is 0 Å². The molecule has 28 heavy (non-hydrogen) atoms. The van der Waals surface area contributed by atoms with Crippen molar-refractivity contribution in [3.05, 3.63) is 48.9 Å². The van der Waals surface area contributed by atoms with E-state index in [9.17, 15) is 4.79 Å². The van der Waals surface area contributed by atoms with Crippen molar-refractivity contribution in [2.24, 2.45) is 5.92 Å². The molecule has 0 spiro atoms. The van der Waals surface area contributed by atoms with E-state index in [-0.39, 0.29) is 6.04 Å². The zero-order chi connectivity index (χ0) is 19.3. The zero-order valence-electron chi connectivity index (χ0n) is 16.3. The van der Waals surface area contributed by atoms with Crippen LogP contribution in [0.1, 0.15) is 32.6 Å². The molecule has 2 N–H and O–H groups in total. The van der Waals surface area contributed by atoms with Gasteiger partial charge < -0.3 is 15.2 Å². The van der Waals surface area contributed by atoms with Crippen LogP contribution >= 0.6 is 0 Å². The van der Waals surface area contributed by atoms with E-state index in [0.29, 0.717) is 18.1 Å². The predicted octanol–water partition coefficient (Wildman–Crippen LogP) is 4.02. The minimum Gasteiger partial charge on any atom is -0.375 e. The summed E-state index contributed by atoms with van der Waals surface area (Å²) in [7, 11) is 0. The van der Waals surface area contributed by atoms with Crippen molar-refractivity contribution in [3.8, 4) is 0 Å². The average Bonchev–Trinajstić information content (AvgIpc) is 3.22. The highest BCUT2D eigenvalue weighted by atomic mass is 16.1. The minimum atomic E-state index is -0.131. The Labute approximate surface area is 165 Å². The van der Waals surface area contributed by atoms with Gasteiger partial charge in [0.1, 0.15) is 17.8 Å². The standard InChI is InChI=1S/C22H27N5O/c1-2-19(26-17-8-4-3-5-9-17)20(28)13-16-7-6-12-27(14-16)22-18-10-11-23-21(18)24-15-25-22/h3-5,8-11,15-16,19,26H,2,6-7,12-14H2,1H3,(H,23,24,25)/t16-,19+/m0/s1. The number of H-pyrrole nitrogens is 1. The Balaban J connectivity index is 1.41. The van der Waals surface area contributed by atoms with Crippen LogP contribution in [0.2, 0.25) is 0 Å². The van der Waals surface area contributed by atoms with Gasteiger partial charge in [0.05, 0.1) is 11.4 Å². The van der Waals surface area contributed by atoms with Gasteiger partial charge in [-0.3, -0.25) is 4.79 Å². The molecule has 2 aromatic heterocycles. The summed E-state index contributed by atoms with van der Waals surface area (Å²) in [5.41, 5.74) is 1.87. The Bertz CT molecular complexity index is 923. The number of carbonyl (C=O) groups excluding carboxylic acids is 1. The number of fused-ring (bicyclic) bond motifs is 1. The number of nitrogens with zero attached hydrogens (tertiary/aromatic N) is 3. The summed E-state index contributed by atoms with van der Waals surface area (Å²) >= 11 is 0. The average molecular weight is 377 g/mol. The smallest absolute Gasteiger partial charge is 0.155 e. The molecule has 0 saturated carbocycles. The molecule has 1 aromatic carbocycles. The quantitative estimate of drug-likeness (QED) is 0.650. The number of carbonyl (C=O) groups is 1. The van der Waals surface area contributed by atoms with E-state index in [1.807, 2.05) is 42.6 Å². The van der Waals surface area contributed by atoms with Crippen LogP contribution in [0.25, 0.3) is 11.0 Å². The van der Waals surface area contributed by atoms with Crippen LogP contribution in [0, 0.1) is 5.92 Å². The Kier molecular flexibility index (Phi) is 5.55. The van der Waals surface area contributed by atoms with Crippen LogP contribution in [-0.4, -0.2) is 39.9 Å². The fraction of sp³-hybridized carbons (Fsp3) is 0.409. The second kappa shape index (κ2) is 8.42. The molecule has 146 valence electrons. The number of anilines is 2. The maximum absolute atomic E-state index is 12.9. The number of ketones is 1. The Morgan fingerprint density at radius 1 is 1.29 bits per heavy atom. The lowest BCUT2D eigenvalue weighted by atomic mass is 9.90. The van der Waals surface area contributed by atoms with Gasteiger partial charge >= 0.3 is 0 Å². The van der Waals surface area contributed by atoms with Crippen molar-refractivity contribution in [1.82, 2.24) is 15.0 Å². The Morgan fingerprint density at radius 3 is 2.96 bits per heavy atom. The first-order valence-corrected chi connectivity index (χ1v) is 10.1. The Hall–Kier alpha value is -2.89. The second-order valence-electron chi connectivity index (χ2n) is 7.53. The van der Waals surface area contributed by atoms with Gasteiger partial charge in [0, 0.05) is 31.4 Å². The first kappa shape index (κ1) is 18.5. The SMILES string of the molecule is CC[C@@H](Nc1ccccc1)C(=O)C[C@@H]1CCCN(c2ncnc3[nH]ccc23)C1. The number of Topliss-reactive ketones (excluding diaryl/α,β-unsaturated/α-hetero) is 1. The molecule has 6 heteroatoms. The number of hydrogen-bond donors (Lipinski definition) is 2. The van der Waals surface area contributed by atoms with Gasteiger partial charge in [0.15, 0.2) is 5.78 Å². The van der Waals surface area contributed by atoms with Gasteiger partial charge in [-0.2, -0.15) is 0 Å². The highest BCUT2D eigenvalue weighted by Crippen LogP contribution is 2.28. The lowest BCUT2D eigenvalue weighted by molar-refractivity contribution is -0.120. The number of hydrogen-bond acceptors (Lipinski definition) is 5. The molecule has 3 aromatic rings. The van der Waals surface area contributed by atoms with E-state index in [0.717, 1.165) is 54.9 Å². The number of para-hydroxylation sites is 1. The van der Waals surface area contributed by atoms with E-state index in [2.05, 4.69) is 32.1 Å². The maximum atomic E-state index is 12.9. The van der Waals surface area contributed by atoms with Crippen molar-refractivity contribution in [2.45, 2.75) is 38.6 Å².